The molecule has 1 heterocycles. The highest BCUT2D eigenvalue weighted by Gasteiger charge is 2.20. The number of aromatic nitrogens is 2. The van der Waals surface area contributed by atoms with Crippen LogP contribution in [-0.2, 0) is 0 Å². The Morgan fingerprint density at radius 3 is 2.93 bits per heavy atom. The number of anilines is 2. The van der Waals surface area contributed by atoms with E-state index in [4.69, 9.17) is 10.5 Å². The van der Waals surface area contributed by atoms with Crippen LogP contribution in [-0.4, -0.2) is 22.6 Å². The SMILES string of the molecule is CCNc1cc(OC2CCC2)nc(N)n1. The summed E-state index contributed by atoms with van der Waals surface area (Å²) in [5.74, 6) is 1.55. The van der Waals surface area contributed by atoms with Gasteiger partial charge in [0.25, 0.3) is 0 Å². The number of hydrogen-bond donors (Lipinski definition) is 2. The molecule has 0 spiro atoms. The second-order valence-corrected chi connectivity index (χ2v) is 3.65. The minimum atomic E-state index is 0.253. The van der Waals surface area contributed by atoms with Gasteiger partial charge in [-0.25, -0.2) is 0 Å². The van der Waals surface area contributed by atoms with Crippen molar-refractivity contribution in [3.05, 3.63) is 6.07 Å². The van der Waals surface area contributed by atoms with Gasteiger partial charge in [-0.1, -0.05) is 0 Å². The lowest BCUT2D eigenvalue weighted by Gasteiger charge is -2.25. The molecule has 0 unspecified atom stereocenters. The first-order valence-corrected chi connectivity index (χ1v) is 5.33. The van der Waals surface area contributed by atoms with Crippen molar-refractivity contribution >= 4 is 11.8 Å². The number of nitrogen functional groups attached to an aromatic ring is 1. The van der Waals surface area contributed by atoms with Crippen molar-refractivity contribution in [2.24, 2.45) is 0 Å². The summed E-state index contributed by atoms with van der Waals surface area (Å²) in [6.07, 6.45) is 3.78. The van der Waals surface area contributed by atoms with E-state index in [-0.39, 0.29) is 5.95 Å². The number of ether oxygens (including phenoxy) is 1. The van der Waals surface area contributed by atoms with Crippen molar-refractivity contribution < 1.29 is 4.74 Å². The maximum Gasteiger partial charge on any atom is 0.225 e. The summed E-state index contributed by atoms with van der Waals surface area (Å²) >= 11 is 0. The molecule has 3 N–H and O–H groups in total. The minimum absolute atomic E-state index is 0.253. The van der Waals surface area contributed by atoms with Gasteiger partial charge in [0.15, 0.2) is 0 Å². The summed E-state index contributed by atoms with van der Waals surface area (Å²) in [6.45, 7) is 2.81. The molecule has 15 heavy (non-hydrogen) atoms. The molecule has 0 bridgehead atoms. The van der Waals surface area contributed by atoms with E-state index in [1.54, 1.807) is 6.07 Å². The topological polar surface area (TPSA) is 73.1 Å². The highest BCUT2D eigenvalue weighted by molar-refractivity contribution is 5.42. The number of rotatable bonds is 4. The van der Waals surface area contributed by atoms with Gasteiger partial charge >= 0.3 is 0 Å². The Labute approximate surface area is 89.1 Å². The molecule has 0 atom stereocenters. The summed E-state index contributed by atoms with van der Waals surface area (Å²) in [5.41, 5.74) is 5.58. The minimum Gasteiger partial charge on any atom is -0.474 e. The first-order valence-electron chi connectivity index (χ1n) is 5.33. The third kappa shape index (κ3) is 2.49. The van der Waals surface area contributed by atoms with E-state index in [9.17, 15) is 0 Å². The fourth-order valence-electron chi connectivity index (χ4n) is 1.43. The summed E-state index contributed by atoms with van der Waals surface area (Å²) in [5, 5.41) is 3.09. The third-order valence-electron chi connectivity index (χ3n) is 2.42. The van der Waals surface area contributed by atoms with Crippen LogP contribution in [0.5, 0.6) is 5.88 Å². The van der Waals surface area contributed by atoms with E-state index < -0.39 is 0 Å². The molecule has 5 nitrogen and oxygen atoms in total. The molecular weight excluding hydrogens is 192 g/mol. The van der Waals surface area contributed by atoms with E-state index in [2.05, 4.69) is 15.3 Å². The lowest BCUT2D eigenvalue weighted by molar-refractivity contribution is 0.115. The van der Waals surface area contributed by atoms with E-state index in [0.29, 0.717) is 12.0 Å². The Hall–Kier alpha value is -1.52. The Bertz CT molecular complexity index is 338. The normalized spacial score (nSPS) is 15.8. The van der Waals surface area contributed by atoms with Crippen LogP contribution >= 0.6 is 0 Å². The molecular formula is C10H16N4O. The van der Waals surface area contributed by atoms with Crippen LogP contribution in [0.15, 0.2) is 6.07 Å². The maximum absolute atomic E-state index is 5.65. The Balaban J connectivity index is 2.07. The summed E-state index contributed by atoms with van der Waals surface area (Å²) < 4.78 is 5.65. The zero-order valence-electron chi connectivity index (χ0n) is 8.86. The number of nitrogens with one attached hydrogen (secondary N) is 1. The van der Waals surface area contributed by atoms with Gasteiger partial charge in [0.05, 0.1) is 0 Å². The fourth-order valence-corrected chi connectivity index (χ4v) is 1.43. The lowest BCUT2D eigenvalue weighted by atomic mass is 9.96. The monoisotopic (exact) mass is 208 g/mol. The van der Waals surface area contributed by atoms with Crippen molar-refractivity contribution in [2.75, 3.05) is 17.6 Å². The smallest absolute Gasteiger partial charge is 0.225 e. The van der Waals surface area contributed by atoms with Gasteiger partial charge < -0.3 is 15.8 Å². The van der Waals surface area contributed by atoms with Crippen LogP contribution in [0.4, 0.5) is 11.8 Å². The molecule has 1 fully saturated rings. The molecule has 2 rings (SSSR count). The first-order chi connectivity index (χ1) is 7.28. The standard InChI is InChI=1S/C10H16N4O/c1-2-12-8-6-9(14-10(11)13-8)15-7-4-3-5-7/h6-7H,2-5H2,1H3,(H3,11,12,13,14). The molecule has 1 aromatic rings. The Kier molecular flexibility index (Phi) is 2.89. The number of nitrogens with two attached hydrogens (primary N) is 1. The van der Waals surface area contributed by atoms with Crippen LogP contribution in [0, 0.1) is 0 Å². The first kappa shape index (κ1) is 10.0. The average Bonchev–Trinajstić information content (AvgIpc) is 2.11. The van der Waals surface area contributed by atoms with Crippen molar-refractivity contribution in [1.29, 1.82) is 0 Å². The summed E-state index contributed by atoms with van der Waals surface area (Å²) in [6, 6.07) is 1.79. The summed E-state index contributed by atoms with van der Waals surface area (Å²) in [7, 11) is 0. The Morgan fingerprint density at radius 2 is 2.33 bits per heavy atom. The largest absolute Gasteiger partial charge is 0.474 e. The van der Waals surface area contributed by atoms with Crippen LogP contribution in [0.2, 0.25) is 0 Å². The fraction of sp³-hybridized carbons (Fsp3) is 0.600. The molecule has 0 aromatic carbocycles. The molecule has 1 aromatic heterocycles. The quantitative estimate of drug-likeness (QED) is 0.782. The van der Waals surface area contributed by atoms with Gasteiger partial charge in [0, 0.05) is 12.6 Å². The predicted molar refractivity (Wildman–Crippen MR) is 58.9 cm³/mol. The van der Waals surface area contributed by atoms with Gasteiger partial charge in [-0.3, -0.25) is 0 Å². The number of hydrogen-bond acceptors (Lipinski definition) is 5. The predicted octanol–water partition coefficient (Wildman–Crippen LogP) is 1.42. The van der Waals surface area contributed by atoms with Gasteiger partial charge in [-0.05, 0) is 26.2 Å². The van der Waals surface area contributed by atoms with Crippen molar-refractivity contribution in [2.45, 2.75) is 32.3 Å². The number of nitrogens with zero attached hydrogens (tertiary/aromatic N) is 2. The van der Waals surface area contributed by atoms with E-state index in [1.165, 1.54) is 6.42 Å². The van der Waals surface area contributed by atoms with Crippen molar-refractivity contribution in [3.8, 4) is 5.88 Å². The molecule has 5 heteroatoms. The highest BCUT2D eigenvalue weighted by Crippen LogP contribution is 2.25. The molecule has 1 aliphatic rings. The molecule has 0 radical (unpaired) electrons. The van der Waals surface area contributed by atoms with Crippen molar-refractivity contribution in [1.82, 2.24) is 9.97 Å². The van der Waals surface area contributed by atoms with E-state index in [0.717, 1.165) is 25.2 Å². The van der Waals surface area contributed by atoms with Gasteiger partial charge in [-0.2, -0.15) is 9.97 Å². The maximum atomic E-state index is 5.65. The molecule has 1 saturated carbocycles. The van der Waals surface area contributed by atoms with Crippen molar-refractivity contribution in [3.63, 3.8) is 0 Å². The second-order valence-electron chi connectivity index (χ2n) is 3.65. The van der Waals surface area contributed by atoms with Crippen LogP contribution < -0.4 is 15.8 Å². The average molecular weight is 208 g/mol. The molecule has 0 amide bonds. The highest BCUT2D eigenvalue weighted by atomic mass is 16.5. The summed E-state index contributed by atoms with van der Waals surface area (Å²) in [4.78, 5) is 8.09. The van der Waals surface area contributed by atoms with E-state index in [1.807, 2.05) is 6.92 Å². The van der Waals surface area contributed by atoms with Crippen LogP contribution in [0.25, 0.3) is 0 Å². The molecule has 0 saturated heterocycles. The molecule has 82 valence electrons. The second kappa shape index (κ2) is 4.33. The van der Waals surface area contributed by atoms with Crippen LogP contribution in [0.3, 0.4) is 0 Å². The van der Waals surface area contributed by atoms with Gasteiger partial charge in [0.2, 0.25) is 11.8 Å². The molecule has 0 aliphatic heterocycles. The molecule has 1 aliphatic carbocycles. The zero-order valence-corrected chi connectivity index (χ0v) is 8.86. The zero-order chi connectivity index (χ0) is 10.7. The van der Waals surface area contributed by atoms with Crippen LogP contribution in [0.1, 0.15) is 26.2 Å². The Morgan fingerprint density at radius 1 is 1.53 bits per heavy atom. The van der Waals surface area contributed by atoms with Gasteiger partial charge in [-0.15, -0.1) is 0 Å². The van der Waals surface area contributed by atoms with Gasteiger partial charge in [0.1, 0.15) is 11.9 Å². The van der Waals surface area contributed by atoms with E-state index >= 15 is 0 Å². The third-order valence-corrected chi connectivity index (χ3v) is 2.42. The lowest BCUT2D eigenvalue weighted by Crippen LogP contribution is -2.25.